The molecule has 1 amide bonds. The van der Waals surface area contributed by atoms with Crippen molar-refractivity contribution in [3.8, 4) is 5.75 Å². The van der Waals surface area contributed by atoms with Crippen molar-refractivity contribution in [2.24, 2.45) is 5.92 Å². The Hall–Kier alpha value is -1.07. The molecule has 0 unspecified atom stereocenters. The predicted octanol–water partition coefficient (Wildman–Crippen LogP) is 2.07. The lowest BCUT2D eigenvalue weighted by Gasteiger charge is -2.06. The number of hydroxylamine groups is 1. The highest BCUT2D eigenvalue weighted by atomic mass is 32.1. The van der Waals surface area contributed by atoms with Gasteiger partial charge in [-0.3, -0.25) is 9.63 Å². The van der Waals surface area contributed by atoms with E-state index in [2.05, 4.69) is 5.48 Å². The Morgan fingerprint density at radius 1 is 1.60 bits per heavy atom. The Morgan fingerprint density at radius 2 is 2.33 bits per heavy atom. The van der Waals surface area contributed by atoms with Crippen LogP contribution in [0.3, 0.4) is 0 Å². The zero-order valence-corrected chi connectivity index (χ0v) is 9.89. The van der Waals surface area contributed by atoms with Gasteiger partial charge in [-0.05, 0) is 5.92 Å². The van der Waals surface area contributed by atoms with Crippen LogP contribution in [0.2, 0.25) is 0 Å². The second kappa shape index (κ2) is 5.72. The van der Waals surface area contributed by atoms with Crippen molar-refractivity contribution in [2.75, 3.05) is 13.7 Å². The summed E-state index contributed by atoms with van der Waals surface area (Å²) in [4.78, 5) is 17.1. The summed E-state index contributed by atoms with van der Waals surface area (Å²) in [5, 5.41) is 1.78. The van der Waals surface area contributed by atoms with Crippen LogP contribution in [0.25, 0.3) is 0 Å². The van der Waals surface area contributed by atoms with Gasteiger partial charge in [-0.1, -0.05) is 13.8 Å². The van der Waals surface area contributed by atoms with Crippen molar-refractivity contribution in [2.45, 2.75) is 13.8 Å². The Morgan fingerprint density at radius 3 is 2.87 bits per heavy atom. The topological polar surface area (TPSA) is 47.6 Å². The van der Waals surface area contributed by atoms with Crippen LogP contribution >= 0.6 is 11.3 Å². The molecule has 5 heteroatoms. The Balaban J connectivity index is 2.40. The van der Waals surface area contributed by atoms with Gasteiger partial charge in [0.15, 0.2) is 0 Å². The summed E-state index contributed by atoms with van der Waals surface area (Å²) in [5.41, 5.74) is 2.38. The van der Waals surface area contributed by atoms with Crippen LogP contribution in [0.15, 0.2) is 11.4 Å². The minimum Gasteiger partial charge on any atom is -0.496 e. The first-order valence-corrected chi connectivity index (χ1v) is 5.56. The molecule has 1 rings (SSSR count). The summed E-state index contributed by atoms with van der Waals surface area (Å²) in [6.07, 6.45) is 0. The highest BCUT2D eigenvalue weighted by molar-refractivity contribution is 7.12. The fourth-order valence-corrected chi connectivity index (χ4v) is 1.61. The largest absolute Gasteiger partial charge is 0.496 e. The molecule has 0 aliphatic rings. The SMILES string of the molecule is COc1csc(C(=O)NOCC(C)C)c1. The molecule has 1 heterocycles. The van der Waals surface area contributed by atoms with E-state index in [0.29, 0.717) is 23.2 Å². The van der Waals surface area contributed by atoms with Crippen molar-refractivity contribution in [1.82, 2.24) is 5.48 Å². The van der Waals surface area contributed by atoms with Crippen molar-refractivity contribution < 1.29 is 14.4 Å². The maximum Gasteiger partial charge on any atom is 0.285 e. The first-order chi connectivity index (χ1) is 7.13. The number of thiophene rings is 1. The number of hydrogen-bond donors (Lipinski definition) is 1. The normalized spacial score (nSPS) is 10.4. The summed E-state index contributed by atoms with van der Waals surface area (Å²) in [6.45, 7) is 4.54. The van der Waals surface area contributed by atoms with Crippen molar-refractivity contribution >= 4 is 17.2 Å². The zero-order chi connectivity index (χ0) is 11.3. The van der Waals surface area contributed by atoms with Crippen LogP contribution in [0.5, 0.6) is 5.75 Å². The van der Waals surface area contributed by atoms with Gasteiger partial charge in [0, 0.05) is 11.4 Å². The molecule has 0 bridgehead atoms. The number of amides is 1. The third-order valence-corrected chi connectivity index (χ3v) is 2.52. The highest BCUT2D eigenvalue weighted by Gasteiger charge is 2.09. The minimum absolute atomic E-state index is 0.232. The van der Waals surface area contributed by atoms with Gasteiger partial charge in [0.25, 0.3) is 5.91 Å². The average Bonchev–Trinajstić information content (AvgIpc) is 2.65. The van der Waals surface area contributed by atoms with E-state index in [0.717, 1.165) is 0 Å². The molecule has 0 fully saturated rings. The molecular weight excluding hydrogens is 214 g/mol. The zero-order valence-electron chi connectivity index (χ0n) is 9.07. The van der Waals surface area contributed by atoms with E-state index in [4.69, 9.17) is 9.57 Å². The molecule has 0 atom stereocenters. The Bertz CT molecular complexity index is 322. The van der Waals surface area contributed by atoms with E-state index in [-0.39, 0.29) is 5.91 Å². The van der Waals surface area contributed by atoms with Crippen LogP contribution in [-0.2, 0) is 4.84 Å². The lowest BCUT2D eigenvalue weighted by atomic mass is 10.2. The van der Waals surface area contributed by atoms with Crippen LogP contribution in [0, 0.1) is 5.92 Å². The molecule has 0 aliphatic carbocycles. The molecule has 1 aromatic rings. The van der Waals surface area contributed by atoms with Gasteiger partial charge in [0.2, 0.25) is 0 Å². The molecule has 84 valence electrons. The first-order valence-electron chi connectivity index (χ1n) is 4.68. The standard InChI is InChI=1S/C10H15NO3S/c1-7(2)5-14-11-10(12)9-4-8(13-3)6-15-9/h4,6-7H,5H2,1-3H3,(H,11,12). The van der Waals surface area contributed by atoms with E-state index in [1.807, 2.05) is 13.8 Å². The molecule has 1 N–H and O–H groups in total. The number of methoxy groups -OCH3 is 1. The molecule has 15 heavy (non-hydrogen) atoms. The number of rotatable bonds is 5. The lowest BCUT2D eigenvalue weighted by Crippen LogP contribution is -2.24. The third kappa shape index (κ3) is 3.89. The summed E-state index contributed by atoms with van der Waals surface area (Å²) in [7, 11) is 1.57. The Labute approximate surface area is 93.2 Å². The van der Waals surface area contributed by atoms with Gasteiger partial charge in [0.05, 0.1) is 18.6 Å². The number of nitrogens with one attached hydrogen (secondary N) is 1. The van der Waals surface area contributed by atoms with Crippen LogP contribution < -0.4 is 10.2 Å². The van der Waals surface area contributed by atoms with Crippen LogP contribution in [0.1, 0.15) is 23.5 Å². The van der Waals surface area contributed by atoms with Gasteiger partial charge >= 0.3 is 0 Å². The lowest BCUT2D eigenvalue weighted by molar-refractivity contribution is 0.0212. The second-order valence-corrected chi connectivity index (χ2v) is 4.40. The monoisotopic (exact) mass is 229 g/mol. The van der Waals surface area contributed by atoms with Crippen LogP contribution in [-0.4, -0.2) is 19.6 Å². The minimum atomic E-state index is -0.232. The van der Waals surface area contributed by atoms with Gasteiger partial charge in [-0.25, -0.2) is 5.48 Å². The van der Waals surface area contributed by atoms with Crippen molar-refractivity contribution in [3.63, 3.8) is 0 Å². The van der Waals surface area contributed by atoms with Crippen molar-refractivity contribution in [3.05, 3.63) is 16.3 Å². The molecule has 1 aromatic heterocycles. The first kappa shape index (κ1) is 12.0. The number of ether oxygens (including phenoxy) is 1. The van der Waals surface area contributed by atoms with E-state index in [1.54, 1.807) is 18.6 Å². The molecule has 0 aliphatic heterocycles. The molecule has 0 aromatic carbocycles. The predicted molar refractivity (Wildman–Crippen MR) is 59.1 cm³/mol. The average molecular weight is 229 g/mol. The number of hydrogen-bond acceptors (Lipinski definition) is 4. The van der Waals surface area contributed by atoms with Gasteiger partial charge in [0.1, 0.15) is 5.75 Å². The smallest absolute Gasteiger partial charge is 0.285 e. The quantitative estimate of drug-likeness (QED) is 0.786. The second-order valence-electron chi connectivity index (χ2n) is 3.49. The summed E-state index contributed by atoms with van der Waals surface area (Å²) in [5.74, 6) is 0.848. The molecule has 0 saturated carbocycles. The third-order valence-electron chi connectivity index (χ3n) is 1.62. The number of carbonyl (C=O) groups is 1. The fraction of sp³-hybridized carbons (Fsp3) is 0.500. The summed E-state index contributed by atoms with van der Waals surface area (Å²) in [6, 6.07) is 1.68. The van der Waals surface area contributed by atoms with E-state index < -0.39 is 0 Å². The maximum absolute atomic E-state index is 11.5. The summed E-state index contributed by atoms with van der Waals surface area (Å²) < 4.78 is 4.98. The summed E-state index contributed by atoms with van der Waals surface area (Å²) >= 11 is 1.32. The fourth-order valence-electron chi connectivity index (χ4n) is 0.869. The molecule has 0 radical (unpaired) electrons. The molecule has 0 saturated heterocycles. The molecule has 4 nitrogen and oxygen atoms in total. The van der Waals surface area contributed by atoms with Gasteiger partial charge < -0.3 is 4.74 Å². The number of carbonyl (C=O) groups excluding carboxylic acids is 1. The van der Waals surface area contributed by atoms with Gasteiger partial charge in [-0.15, -0.1) is 11.3 Å². The maximum atomic E-state index is 11.5. The van der Waals surface area contributed by atoms with Crippen molar-refractivity contribution in [1.29, 1.82) is 0 Å². The van der Waals surface area contributed by atoms with E-state index in [9.17, 15) is 4.79 Å². The van der Waals surface area contributed by atoms with Crippen LogP contribution in [0.4, 0.5) is 0 Å². The highest BCUT2D eigenvalue weighted by Crippen LogP contribution is 2.20. The van der Waals surface area contributed by atoms with E-state index in [1.165, 1.54) is 11.3 Å². The Kier molecular flexibility index (Phi) is 4.58. The molecule has 0 spiro atoms. The molecular formula is C10H15NO3S. The van der Waals surface area contributed by atoms with Gasteiger partial charge in [-0.2, -0.15) is 0 Å². The van der Waals surface area contributed by atoms with E-state index >= 15 is 0 Å².